The maximum atomic E-state index is 4.97. The molecule has 1 aliphatic rings. The number of aromatic nitrogens is 3. The Balaban J connectivity index is 0.000000455. The molecule has 1 saturated heterocycles. The molecule has 3 heterocycles. The molecule has 0 bridgehead atoms. The molecule has 5 heteroatoms. The molecule has 200 valence electrons. The number of allylic oxidation sites excluding steroid dienone is 1. The summed E-state index contributed by atoms with van der Waals surface area (Å²) in [6.07, 6.45) is 13.6. The van der Waals surface area contributed by atoms with E-state index in [4.69, 9.17) is 4.98 Å². The first-order chi connectivity index (χ1) is 17.8. The highest BCUT2D eigenvalue weighted by Gasteiger charge is 2.31. The van der Waals surface area contributed by atoms with Gasteiger partial charge in [-0.2, -0.15) is 0 Å². The molecule has 1 unspecified atom stereocenters. The van der Waals surface area contributed by atoms with Crippen LogP contribution < -0.4 is 0 Å². The lowest BCUT2D eigenvalue weighted by molar-refractivity contribution is 0.269. The highest BCUT2D eigenvalue weighted by molar-refractivity contribution is 7.96. The van der Waals surface area contributed by atoms with E-state index in [1.807, 2.05) is 24.3 Å². The molecule has 0 amide bonds. The lowest BCUT2D eigenvalue weighted by Gasteiger charge is -2.36. The fraction of sp³-hybridized carbons (Fsp3) is 0.438. The summed E-state index contributed by atoms with van der Waals surface area (Å²) in [6.45, 7) is 21.3. The third-order valence-corrected chi connectivity index (χ3v) is 7.62. The van der Waals surface area contributed by atoms with E-state index in [1.165, 1.54) is 57.6 Å². The van der Waals surface area contributed by atoms with Gasteiger partial charge >= 0.3 is 0 Å². The Morgan fingerprint density at radius 1 is 1.11 bits per heavy atom. The van der Waals surface area contributed by atoms with E-state index in [1.54, 1.807) is 6.33 Å². The summed E-state index contributed by atoms with van der Waals surface area (Å²) in [6, 6.07) is 9.26. The minimum absolute atomic E-state index is 0.357. The summed E-state index contributed by atoms with van der Waals surface area (Å²) < 4.78 is 2.50. The second-order valence-corrected chi connectivity index (χ2v) is 10.8. The van der Waals surface area contributed by atoms with Crippen LogP contribution in [0.15, 0.2) is 61.7 Å². The largest absolute Gasteiger partial charge is 0.349 e. The zero-order valence-electron chi connectivity index (χ0n) is 24.0. The number of nitrogens with zero attached hydrogens (tertiary/aromatic N) is 3. The van der Waals surface area contributed by atoms with Gasteiger partial charge in [0.15, 0.2) is 0 Å². The Hall–Kier alpha value is -2.63. The first-order valence-electron chi connectivity index (χ1n) is 13.3. The molecule has 37 heavy (non-hydrogen) atoms. The van der Waals surface area contributed by atoms with Crippen molar-refractivity contribution in [2.45, 2.75) is 66.7 Å². The van der Waals surface area contributed by atoms with Crippen LogP contribution >= 0.6 is 11.9 Å². The SMILES string of the molecule is C=C.CCc1cnc[nH]1.CSN1CCC(C(c2ccc(C)cc2C=C(C)C)c2ncc(C)cc2C)CC1. The van der Waals surface area contributed by atoms with Crippen molar-refractivity contribution in [3.8, 4) is 0 Å². The molecular weight excluding hydrogens is 472 g/mol. The topological polar surface area (TPSA) is 44.8 Å². The Kier molecular flexibility index (Phi) is 12.9. The van der Waals surface area contributed by atoms with Crippen LogP contribution in [0.1, 0.15) is 78.7 Å². The number of piperidine rings is 1. The Labute approximate surface area is 229 Å². The van der Waals surface area contributed by atoms with Crippen molar-refractivity contribution in [3.05, 3.63) is 101 Å². The predicted octanol–water partition coefficient (Wildman–Crippen LogP) is 8.33. The van der Waals surface area contributed by atoms with Gasteiger partial charge < -0.3 is 4.98 Å². The molecule has 3 aromatic rings. The Bertz CT molecular complexity index is 1110. The number of aryl methyl sites for hydroxylation is 4. The summed E-state index contributed by atoms with van der Waals surface area (Å²) in [5.74, 6) is 0.986. The first-order valence-corrected chi connectivity index (χ1v) is 14.4. The van der Waals surface area contributed by atoms with Crippen molar-refractivity contribution < 1.29 is 0 Å². The van der Waals surface area contributed by atoms with Crippen molar-refractivity contribution in [2.75, 3.05) is 19.3 Å². The van der Waals surface area contributed by atoms with E-state index < -0.39 is 0 Å². The third-order valence-electron chi connectivity index (χ3n) is 6.74. The van der Waals surface area contributed by atoms with E-state index in [9.17, 15) is 0 Å². The number of imidazole rings is 1. The second kappa shape index (κ2) is 15.6. The molecule has 1 atom stereocenters. The van der Waals surface area contributed by atoms with E-state index in [0.29, 0.717) is 11.8 Å². The van der Waals surface area contributed by atoms with E-state index >= 15 is 0 Å². The minimum Gasteiger partial charge on any atom is -0.349 e. The highest BCUT2D eigenvalue weighted by Crippen LogP contribution is 2.41. The summed E-state index contributed by atoms with van der Waals surface area (Å²) >= 11 is 1.88. The fourth-order valence-electron chi connectivity index (χ4n) is 4.96. The van der Waals surface area contributed by atoms with Crippen molar-refractivity contribution in [1.82, 2.24) is 19.3 Å². The summed E-state index contributed by atoms with van der Waals surface area (Å²) in [5, 5.41) is 0. The van der Waals surface area contributed by atoms with Gasteiger partial charge in [0.2, 0.25) is 0 Å². The number of benzene rings is 1. The zero-order valence-corrected chi connectivity index (χ0v) is 24.8. The van der Waals surface area contributed by atoms with Gasteiger partial charge in [0.05, 0.1) is 12.0 Å². The zero-order chi connectivity index (χ0) is 27.4. The van der Waals surface area contributed by atoms with Gasteiger partial charge in [-0.25, -0.2) is 4.98 Å². The highest BCUT2D eigenvalue weighted by atomic mass is 32.2. The van der Waals surface area contributed by atoms with Crippen LogP contribution in [0, 0.1) is 26.7 Å². The molecule has 1 aromatic carbocycles. The van der Waals surface area contributed by atoms with E-state index in [0.717, 1.165) is 19.5 Å². The van der Waals surface area contributed by atoms with Crippen molar-refractivity contribution >= 4 is 18.0 Å². The van der Waals surface area contributed by atoms with Gasteiger partial charge in [0.25, 0.3) is 0 Å². The quantitative estimate of drug-likeness (QED) is 0.263. The van der Waals surface area contributed by atoms with Crippen LogP contribution in [0.2, 0.25) is 0 Å². The van der Waals surface area contributed by atoms with Gasteiger partial charge in [-0.15, -0.1) is 13.2 Å². The molecule has 4 nitrogen and oxygen atoms in total. The Morgan fingerprint density at radius 2 is 1.81 bits per heavy atom. The molecule has 2 aromatic heterocycles. The minimum atomic E-state index is 0.357. The normalized spacial score (nSPS) is 14.6. The van der Waals surface area contributed by atoms with Crippen molar-refractivity contribution in [1.29, 1.82) is 0 Å². The lowest BCUT2D eigenvalue weighted by Crippen LogP contribution is -2.32. The predicted molar refractivity (Wildman–Crippen MR) is 163 cm³/mol. The van der Waals surface area contributed by atoms with Crippen molar-refractivity contribution in [2.24, 2.45) is 5.92 Å². The average molecular weight is 519 g/mol. The molecule has 1 N–H and O–H groups in total. The molecule has 1 aliphatic heterocycles. The number of aromatic amines is 1. The second-order valence-electron chi connectivity index (χ2n) is 9.93. The number of H-pyrrole nitrogens is 1. The standard InChI is InChI=1S/C25H34N2S.C5H8N2.C2H4/c1-17(2)13-22-15-18(3)7-8-23(22)24(21-9-11-27(28-6)12-10-21)25-20(5)14-19(4)16-26-25;1-2-5-3-6-4-7-5;1-2/h7-8,13-16,21,24H,9-12H2,1-6H3;3-4H,2H2,1H3,(H,6,7);1-2H2. The van der Waals surface area contributed by atoms with Gasteiger partial charge in [-0.05, 0) is 88.3 Å². The summed E-state index contributed by atoms with van der Waals surface area (Å²) in [4.78, 5) is 11.8. The van der Waals surface area contributed by atoms with Crippen LogP contribution in [0.4, 0.5) is 0 Å². The molecule has 1 fully saturated rings. The molecule has 0 radical (unpaired) electrons. The van der Waals surface area contributed by atoms with E-state index in [-0.39, 0.29) is 0 Å². The molecule has 0 spiro atoms. The van der Waals surface area contributed by atoms with Crippen LogP contribution in [0.3, 0.4) is 0 Å². The Morgan fingerprint density at radius 3 is 2.32 bits per heavy atom. The monoisotopic (exact) mass is 518 g/mol. The van der Waals surface area contributed by atoms with Crippen LogP contribution in [-0.4, -0.2) is 38.6 Å². The third kappa shape index (κ3) is 9.01. The average Bonchev–Trinajstić information content (AvgIpc) is 3.42. The van der Waals surface area contributed by atoms with Gasteiger partial charge in [-0.3, -0.25) is 9.29 Å². The van der Waals surface area contributed by atoms with Crippen molar-refractivity contribution in [3.63, 3.8) is 0 Å². The summed E-state index contributed by atoms with van der Waals surface area (Å²) in [5.41, 5.74) is 10.5. The number of rotatable bonds is 6. The maximum absolute atomic E-state index is 4.97. The molecule has 0 saturated carbocycles. The number of nitrogens with one attached hydrogen (secondary N) is 1. The molecule has 0 aliphatic carbocycles. The van der Waals surface area contributed by atoms with Gasteiger partial charge in [0, 0.05) is 37.1 Å². The number of pyridine rings is 1. The lowest BCUT2D eigenvalue weighted by atomic mass is 9.75. The van der Waals surface area contributed by atoms with Gasteiger partial charge in [-0.1, -0.05) is 60.3 Å². The van der Waals surface area contributed by atoms with Crippen LogP contribution in [0.25, 0.3) is 6.08 Å². The van der Waals surface area contributed by atoms with Gasteiger partial charge in [0.1, 0.15) is 0 Å². The number of hydrogen-bond donors (Lipinski definition) is 1. The summed E-state index contributed by atoms with van der Waals surface area (Å²) in [7, 11) is 0. The van der Waals surface area contributed by atoms with Crippen LogP contribution in [-0.2, 0) is 6.42 Å². The van der Waals surface area contributed by atoms with Crippen LogP contribution in [0.5, 0.6) is 0 Å². The molecule has 4 rings (SSSR count). The number of hydrogen-bond acceptors (Lipinski definition) is 4. The van der Waals surface area contributed by atoms with E-state index in [2.05, 4.69) is 106 Å². The first kappa shape index (κ1) is 30.6. The fourth-order valence-corrected chi connectivity index (χ4v) is 5.54. The smallest absolute Gasteiger partial charge is 0.0921 e. The maximum Gasteiger partial charge on any atom is 0.0921 e. The molecular formula is C32H46N4S.